The molecule has 1 atom stereocenters. The minimum absolute atomic E-state index is 0.0799. The van der Waals surface area contributed by atoms with Gasteiger partial charge in [0.25, 0.3) is 0 Å². The van der Waals surface area contributed by atoms with E-state index in [1.54, 1.807) is 6.20 Å². The van der Waals surface area contributed by atoms with E-state index >= 15 is 0 Å². The fraction of sp³-hybridized carbons (Fsp3) is 0.286. The average molecular weight is 247 g/mol. The number of pyridine rings is 1. The van der Waals surface area contributed by atoms with Gasteiger partial charge in [-0.2, -0.15) is 0 Å². The number of benzene rings is 1. The highest BCUT2D eigenvalue weighted by molar-refractivity contribution is 6.03. The largest absolute Gasteiger partial charge is 0.478 e. The zero-order valence-corrected chi connectivity index (χ0v) is 10.3. The average Bonchev–Trinajstić information content (AvgIpc) is 2.35. The normalized spacial score (nSPS) is 12.6. The molecule has 3 nitrogen and oxygen atoms in total. The van der Waals surface area contributed by atoms with E-state index in [4.69, 9.17) is 0 Å². The van der Waals surface area contributed by atoms with Crippen molar-refractivity contribution in [3.63, 3.8) is 0 Å². The molecule has 0 radical (unpaired) electrons. The van der Waals surface area contributed by atoms with Crippen molar-refractivity contribution in [2.45, 2.75) is 26.2 Å². The van der Waals surface area contributed by atoms with Crippen LogP contribution in [0.2, 0.25) is 0 Å². The molecule has 4 heteroatoms. The first-order valence-corrected chi connectivity index (χ1v) is 5.86. The highest BCUT2D eigenvalue weighted by Crippen LogP contribution is 2.28. The molecule has 0 amide bonds. The maximum absolute atomic E-state index is 13.3. The molecule has 0 aliphatic carbocycles. The summed E-state index contributed by atoms with van der Waals surface area (Å²) in [6.45, 7) is 3.92. The molecule has 0 aliphatic rings. The van der Waals surface area contributed by atoms with Gasteiger partial charge < -0.3 is 5.11 Å². The molecule has 94 valence electrons. The van der Waals surface area contributed by atoms with Gasteiger partial charge in [-0.05, 0) is 36.1 Å². The summed E-state index contributed by atoms with van der Waals surface area (Å²) >= 11 is 0. The number of halogens is 1. The first-order valence-electron chi connectivity index (χ1n) is 5.86. The Labute approximate surface area is 104 Å². The second-order valence-corrected chi connectivity index (χ2v) is 4.36. The summed E-state index contributed by atoms with van der Waals surface area (Å²) in [7, 11) is 0. The summed E-state index contributed by atoms with van der Waals surface area (Å²) in [6.07, 6.45) is 2.39. The lowest BCUT2D eigenvalue weighted by molar-refractivity contribution is 0.0697. The molecule has 1 aromatic heterocycles. The van der Waals surface area contributed by atoms with Crippen LogP contribution in [0.15, 0.2) is 24.4 Å². The molecular formula is C14H14FNO2. The molecule has 0 bridgehead atoms. The van der Waals surface area contributed by atoms with Crippen molar-refractivity contribution in [1.29, 1.82) is 0 Å². The summed E-state index contributed by atoms with van der Waals surface area (Å²) in [6, 6.07) is 4.01. The Bertz CT molecular complexity index is 610. The van der Waals surface area contributed by atoms with E-state index < -0.39 is 11.8 Å². The molecule has 0 spiro atoms. The Hall–Kier alpha value is -1.97. The van der Waals surface area contributed by atoms with Gasteiger partial charge in [-0.3, -0.25) is 4.98 Å². The SMILES string of the molecule is CCC(C)c1cnc2ccc(F)cc2c1C(=O)O. The third-order valence-corrected chi connectivity index (χ3v) is 3.22. The van der Waals surface area contributed by atoms with Gasteiger partial charge in [0, 0.05) is 11.6 Å². The summed E-state index contributed by atoms with van der Waals surface area (Å²) in [4.78, 5) is 15.6. The van der Waals surface area contributed by atoms with Gasteiger partial charge in [0.2, 0.25) is 0 Å². The summed E-state index contributed by atoms with van der Waals surface area (Å²) < 4.78 is 13.3. The van der Waals surface area contributed by atoms with Crippen LogP contribution in [0.25, 0.3) is 10.9 Å². The van der Waals surface area contributed by atoms with E-state index in [0.717, 1.165) is 6.42 Å². The first kappa shape index (κ1) is 12.5. The number of rotatable bonds is 3. The number of hydrogen-bond donors (Lipinski definition) is 1. The van der Waals surface area contributed by atoms with Crippen LogP contribution in [0, 0.1) is 5.82 Å². The molecule has 1 unspecified atom stereocenters. The fourth-order valence-electron chi connectivity index (χ4n) is 2.01. The minimum Gasteiger partial charge on any atom is -0.478 e. The summed E-state index contributed by atoms with van der Waals surface area (Å²) in [5, 5.41) is 9.71. The van der Waals surface area contributed by atoms with E-state index in [-0.39, 0.29) is 11.5 Å². The third-order valence-electron chi connectivity index (χ3n) is 3.22. The van der Waals surface area contributed by atoms with Gasteiger partial charge in [0.15, 0.2) is 0 Å². The van der Waals surface area contributed by atoms with Crippen molar-refractivity contribution in [3.8, 4) is 0 Å². The summed E-state index contributed by atoms with van der Waals surface area (Å²) in [5.41, 5.74) is 1.32. The molecule has 0 fully saturated rings. The second kappa shape index (κ2) is 4.72. The number of hydrogen-bond acceptors (Lipinski definition) is 2. The topological polar surface area (TPSA) is 50.2 Å². The van der Waals surface area contributed by atoms with E-state index in [1.807, 2.05) is 13.8 Å². The lowest BCUT2D eigenvalue weighted by atomic mass is 9.93. The van der Waals surface area contributed by atoms with Crippen molar-refractivity contribution in [2.75, 3.05) is 0 Å². The standard InChI is InChI=1S/C14H14FNO2/c1-3-8(2)11-7-16-12-5-4-9(15)6-10(12)13(11)14(17)18/h4-8H,3H2,1-2H3,(H,17,18). The first-order chi connectivity index (χ1) is 8.54. The number of nitrogens with zero attached hydrogens (tertiary/aromatic N) is 1. The predicted molar refractivity (Wildman–Crippen MR) is 67.4 cm³/mol. The number of carboxylic acid groups (broad SMARTS) is 1. The smallest absolute Gasteiger partial charge is 0.336 e. The number of aromatic carboxylic acids is 1. The molecule has 2 rings (SSSR count). The molecule has 0 saturated carbocycles. The van der Waals surface area contributed by atoms with E-state index in [0.29, 0.717) is 16.5 Å². The number of carboxylic acids is 1. The molecule has 2 aromatic rings. The minimum atomic E-state index is -1.04. The molecular weight excluding hydrogens is 233 g/mol. The van der Waals surface area contributed by atoms with Crippen LogP contribution in [-0.2, 0) is 0 Å². The maximum Gasteiger partial charge on any atom is 0.336 e. The Morgan fingerprint density at radius 2 is 2.22 bits per heavy atom. The van der Waals surface area contributed by atoms with Crippen molar-refractivity contribution < 1.29 is 14.3 Å². The van der Waals surface area contributed by atoms with E-state index in [9.17, 15) is 14.3 Å². The van der Waals surface area contributed by atoms with Gasteiger partial charge >= 0.3 is 5.97 Å². The molecule has 1 N–H and O–H groups in total. The van der Waals surface area contributed by atoms with Crippen molar-refractivity contribution >= 4 is 16.9 Å². The molecule has 1 heterocycles. The van der Waals surface area contributed by atoms with Gasteiger partial charge in [0.1, 0.15) is 5.82 Å². The summed E-state index contributed by atoms with van der Waals surface area (Å²) in [5.74, 6) is -1.41. The highest BCUT2D eigenvalue weighted by atomic mass is 19.1. The monoisotopic (exact) mass is 247 g/mol. The lowest BCUT2D eigenvalue weighted by Crippen LogP contribution is -2.07. The fourth-order valence-corrected chi connectivity index (χ4v) is 2.01. The Kier molecular flexibility index (Phi) is 3.28. The van der Waals surface area contributed by atoms with Crippen LogP contribution in [-0.4, -0.2) is 16.1 Å². The molecule has 0 saturated heterocycles. The zero-order valence-electron chi connectivity index (χ0n) is 10.3. The van der Waals surface area contributed by atoms with Crippen molar-refractivity contribution in [2.24, 2.45) is 0 Å². The number of carbonyl (C=O) groups is 1. The van der Waals surface area contributed by atoms with Gasteiger partial charge in [-0.25, -0.2) is 9.18 Å². The molecule has 18 heavy (non-hydrogen) atoms. The number of aromatic nitrogens is 1. The van der Waals surface area contributed by atoms with Gasteiger partial charge in [0.05, 0.1) is 11.1 Å². The van der Waals surface area contributed by atoms with E-state index in [2.05, 4.69) is 4.98 Å². The van der Waals surface area contributed by atoms with Crippen LogP contribution in [0.5, 0.6) is 0 Å². The van der Waals surface area contributed by atoms with Crippen molar-refractivity contribution in [1.82, 2.24) is 4.98 Å². The van der Waals surface area contributed by atoms with Gasteiger partial charge in [-0.1, -0.05) is 13.8 Å². The van der Waals surface area contributed by atoms with Crippen LogP contribution in [0.1, 0.15) is 42.1 Å². The second-order valence-electron chi connectivity index (χ2n) is 4.36. The zero-order chi connectivity index (χ0) is 13.3. The van der Waals surface area contributed by atoms with Crippen LogP contribution in [0.3, 0.4) is 0 Å². The predicted octanol–water partition coefficient (Wildman–Crippen LogP) is 3.59. The molecule has 0 aliphatic heterocycles. The number of fused-ring (bicyclic) bond motifs is 1. The molecule has 1 aromatic carbocycles. The lowest BCUT2D eigenvalue weighted by Gasteiger charge is -2.14. The van der Waals surface area contributed by atoms with Crippen LogP contribution < -0.4 is 0 Å². The van der Waals surface area contributed by atoms with Crippen LogP contribution >= 0.6 is 0 Å². The van der Waals surface area contributed by atoms with Crippen LogP contribution in [0.4, 0.5) is 4.39 Å². The Morgan fingerprint density at radius 1 is 1.50 bits per heavy atom. The Morgan fingerprint density at radius 3 is 2.83 bits per heavy atom. The van der Waals surface area contributed by atoms with Gasteiger partial charge in [-0.15, -0.1) is 0 Å². The quantitative estimate of drug-likeness (QED) is 0.901. The van der Waals surface area contributed by atoms with Crippen molar-refractivity contribution in [3.05, 3.63) is 41.3 Å². The van der Waals surface area contributed by atoms with E-state index in [1.165, 1.54) is 18.2 Å². The third kappa shape index (κ3) is 2.06. The maximum atomic E-state index is 13.3. The highest BCUT2D eigenvalue weighted by Gasteiger charge is 2.19. The Balaban J connectivity index is 2.81.